The van der Waals surface area contributed by atoms with Crippen molar-refractivity contribution >= 4 is 5.91 Å². The SMILES string of the molecule is N#Cc1ccc(OC2CN(C(=O)CCC3CCOC3)C2)cc1. The first-order chi connectivity index (χ1) is 10.7. The van der Waals surface area contributed by atoms with Crippen LogP contribution in [0.4, 0.5) is 0 Å². The largest absolute Gasteiger partial charge is 0.487 e. The van der Waals surface area contributed by atoms with Crippen LogP contribution < -0.4 is 4.74 Å². The molecule has 2 fully saturated rings. The van der Waals surface area contributed by atoms with Crippen molar-refractivity contribution in [2.75, 3.05) is 26.3 Å². The second kappa shape index (κ2) is 6.80. The topological polar surface area (TPSA) is 62.6 Å². The van der Waals surface area contributed by atoms with E-state index in [1.807, 2.05) is 4.90 Å². The molecule has 5 heteroatoms. The van der Waals surface area contributed by atoms with Crippen LogP contribution in [0.2, 0.25) is 0 Å². The number of amides is 1. The van der Waals surface area contributed by atoms with Gasteiger partial charge in [-0.2, -0.15) is 5.26 Å². The van der Waals surface area contributed by atoms with Crippen molar-refractivity contribution in [1.29, 1.82) is 5.26 Å². The van der Waals surface area contributed by atoms with Gasteiger partial charge in [-0.1, -0.05) is 0 Å². The summed E-state index contributed by atoms with van der Waals surface area (Å²) < 4.78 is 11.1. The highest BCUT2D eigenvalue weighted by Crippen LogP contribution is 2.22. The molecule has 3 rings (SSSR count). The minimum atomic E-state index is 0.0618. The maximum atomic E-state index is 12.1. The van der Waals surface area contributed by atoms with E-state index in [0.29, 0.717) is 31.0 Å². The molecule has 1 unspecified atom stereocenters. The fourth-order valence-electron chi connectivity index (χ4n) is 2.81. The predicted octanol–water partition coefficient (Wildman–Crippen LogP) is 1.96. The Hall–Kier alpha value is -2.06. The molecule has 0 bridgehead atoms. The van der Waals surface area contributed by atoms with Crippen LogP contribution in [-0.4, -0.2) is 43.2 Å². The molecule has 0 saturated carbocycles. The first-order valence-electron chi connectivity index (χ1n) is 7.77. The van der Waals surface area contributed by atoms with Crippen LogP contribution in [0.5, 0.6) is 5.75 Å². The van der Waals surface area contributed by atoms with Crippen LogP contribution in [0, 0.1) is 17.2 Å². The minimum Gasteiger partial charge on any atom is -0.487 e. The summed E-state index contributed by atoms with van der Waals surface area (Å²) in [5.41, 5.74) is 0.619. The molecule has 2 heterocycles. The number of rotatable bonds is 5. The van der Waals surface area contributed by atoms with Gasteiger partial charge in [0.15, 0.2) is 0 Å². The van der Waals surface area contributed by atoms with Crippen molar-refractivity contribution in [2.45, 2.75) is 25.4 Å². The number of likely N-dealkylation sites (tertiary alicyclic amines) is 1. The second-order valence-electron chi connectivity index (χ2n) is 5.94. The van der Waals surface area contributed by atoms with E-state index in [0.717, 1.165) is 31.8 Å². The zero-order chi connectivity index (χ0) is 15.4. The molecule has 1 atom stereocenters. The molecule has 0 spiro atoms. The van der Waals surface area contributed by atoms with Crippen LogP contribution in [0.3, 0.4) is 0 Å². The van der Waals surface area contributed by atoms with Crippen LogP contribution in [-0.2, 0) is 9.53 Å². The molecule has 22 heavy (non-hydrogen) atoms. The zero-order valence-electron chi connectivity index (χ0n) is 12.5. The van der Waals surface area contributed by atoms with Gasteiger partial charge in [-0.15, -0.1) is 0 Å². The summed E-state index contributed by atoms with van der Waals surface area (Å²) in [6, 6.07) is 9.14. The fourth-order valence-corrected chi connectivity index (χ4v) is 2.81. The normalized spacial score (nSPS) is 21.2. The molecule has 0 aromatic heterocycles. The highest BCUT2D eigenvalue weighted by molar-refractivity contribution is 5.77. The van der Waals surface area contributed by atoms with Crippen molar-refractivity contribution in [3.63, 3.8) is 0 Å². The molecular formula is C17H20N2O3. The minimum absolute atomic E-state index is 0.0618. The Labute approximate surface area is 130 Å². The summed E-state index contributed by atoms with van der Waals surface area (Å²) >= 11 is 0. The Morgan fingerprint density at radius 1 is 1.36 bits per heavy atom. The van der Waals surface area contributed by atoms with E-state index in [9.17, 15) is 4.79 Å². The third kappa shape index (κ3) is 3.58. The summed E-state index contributed by atoms with van der Waals surface area (Å²) in [4.78, 5) is 13.9. The first-order valence-corrected chi connectivity index (χ1v) is 7.77. The molecule has 2 aliphatic heterocycles. The van der Waals surface area contributed by atoms with Crippen molar-refractivity contribution in [3.05, 3.63) is 29.8 Å². The average Bonchev–Trinajstić information content (AvgIpc) is 3.02. The lowest BCUT2D eigenvalue weighted by Crippen LogP contribution is -2.56. The Morgan fingerprint density at radius 3 is 2.77 bits per heavy atom. The molecule has 1 amide bonds. The average molecular weight is 300 g/mol. The third-order valence-electron chi connectivity index (χ3n) is 4.28. The smallest absolute Gasteiger partial charge is 0.222 e. The van der Waals surface area contributed by atoms with E-state index in [1.54, 1.807) is 24.3 Å². The van der Waals surface area contributed by atoms with Gasteiger partial charge in [-0.25, -0.2) is 0 Å². The lowest BCUT2D eigenvalue weighted by atomic mass is 10.0. The molecular weight excluding hydrogens is 280 g/mol. The molecule has 116 valence electrons. The van der Waals surface area contributed by atoms with Crippen LogP contribution >= 0.6 is 0 Å². The number of benzene rings is 1. The number of carbonyl (C=O) groups excluding carboxylic acids is 1. The van der Waals surface area contributed by atoms with Crippen molar-refractivity contribution in [1.82, 2.24) is 4.90 Å². The fraction of sp³-hybridized carbons (Fsp3) is 0.529. The highest BCUT2D eigenvalue weighted by atomic mass is 16.5. The van der Waals surface area contributed by atoms with E-state index >= 15 is 0 Å². The van der Waals surface area contributed by atoms with E-state index in [-0.39, 0.29) is 12.0 Å². The quantitative estimate of drug-likeness (QED) is 0.834. The van der Waals surface area contributed by atoms with E-state index in [1.165, 1.54) is 0 Å². The summed E-state index contributed by atoms with van der Waals surface area (Å²) in [6.07, 6.45) is 2.68. The van der Waals surface area contributed by atoms with Crippen molar-refractivity contribution < 1.29 is 14.3 Å². The lowest BCUT2D eigenvalue weighted by Gasteiger charge is -2.39. The zero-order valence-corrected chi connectivity index (χ0v) is 12.5. The summed E-state index contributed by atoms with van der Waals surface area (Å²) in [5.74, 6) is 1.52. The van der Waals surface area contributed by atoms with E-state index in [4.69, 9.17) is 14.7 Å². The van der Waals surface area contributed by atoms with E-state index < -0.39 is 0 Å². The molecule has 2 aliphatic rings. The summed E-state index contributed by atoms with van der Waals surface area (Å²) in [6.45, 7) is 2.95. The lowest BCUT2D eigenvalue weighted by molar-refractivity contribution is -0.140. The van der Waals surface area contributed by atoms with Crippen LogP contribution in [0.1, 0.15) is 24.8 Å². The van der Waals surface area contributed by atoms with Gasteiger partial charge < -0.3 is 14.4 Å². The molecule has 1 aromatic rings. The van der Waals surface area contributed by atoms with Crippen molar-refractivity contribution in [3.8, 4) is 11.8 Å². The maximum Gasteiger partial charge on any atom is 0.222 e. The first kappa shape index (κ1) is 14.9. The van der Waals surface area contributed by atoms with Crippen LogP contribution in [0.15, 0.2) is 24.3 Å². The molecule has 0 radical (unpaired) electrons. The Morgan fingerprint density at radius 2 is 2.14 bits per heavy atom. The highest BCUT2D eigenvalue weighted by Gasteiger charge is 2.32. The molecule has 1 aromatic carbocycles. The number of ether oxygens (including phenoxy) is 2. The van der Waals surface area contributed by atoms with Gasteiger partial charge >= 0.3 is 0 Å². The molecule has 0 aliphatic carbocycles. The Kier molecular flexibility index (Phi) is 4.59. The van der Waals surface area contributed by atoms with Gasteiger partial charge in [0.2, 0.25) is 5.91 Å². The third-order valence-corrected chi connectivity index (χ3v) is 4.28. The van der Waals surface area contributed by atoms with Gasteiger partial charge in [-0.3, -0.25) is 4.79 Å². The summed E-state index contributed by atoms with van der Waals surface area (Å²) in [5, 5.41) is 8.75. The van der Waals surface area contributed by atoms with Gasteiger partial charge in [0.25, 0.3) is 0 Å². The number of carbonyl (C=O) groups is 1. The van der Waals surface area contributed by atoms with Gasteiger partial charge in [0.1, 0.15) is 11.9 Å². The number of nitrogens with zero attached hydrogens (tertiary/aromatic N) is 2. The second-order valence-corrected chi connectivity index (χ2v) is 5.94. The van der Waals surface area contributed by atoms with Crippen LogP contribution in [0.25, 0.3) is 0 Å². The monoisotopic (exact) mass is 300 g/mol. The number of hydrogen-bond donors (Lipinski definition) is 0. The Bertz CT molecular complexity index is 552. The standard InChI is InChI=1S/C17H20N2O3/c18-9-13-1-4-15(5-2-13)22-16-10-19(11-16)17(20)6-3-14-7-8-21-12-14/h1-2,4-5,14,16H,3,6-8,10-12H2. The van der Waals surface area contributed by atoms with E-state index in [2.05, 4.69) is 6.07 Å². The van der Waals surface area contributed by atoms with Gasteiger partial charge in [0, 0.05) is 19.6 Å². The molecule has 2 saturated heterocycles. The molecule has 0 N–H and O–H groups in total. The summed E-state index contributed by atoms with van der Waals surface area (Å²) in [7, 11) is 0. The maximum absolute atomic E-state index is 12.1. The predicted molar refractivity (Wildman–Crippen MR) is 80.3 cm³/mol. The molecule has 5 nitrogen and oxygen atoms in total. The van der Waals surface area contributed by atoms with Gasteiger partial charge in [0.05, 0.1) is 24.7 Å². The van der Waals surface area contributed by atoms with Crippen molar-refractivity contribution in [2.24, 2.45) is 5.92 Å². The Balaban J connectivity index is 1.37. The van der Waals surface area contributed by atoms with Gasteiger partial charge in [-0.05, 0) is 43.0 Å². The number of nitriles is 1. The number of hydrogen-bond acceptors (Lipinski definition) is 4.